The van der Waals surface area contributed by atoms with Gasteiger partial charge in [0.05, 0.1) is 15.4 Å². The van der Waals surface area contributed by atoms with Crippen molar-refractivity contribution in [3.8, 4) is 11.5 Å². The fraction of sp³-hybridized carbons (Fsp3) is 0.273. The molecule has 1 unspecified atom stereocenters. The standard InChI is InChI=1S/C11H9BrClFN2O/c1-2-7(13)10-15-11(17-16-10)6-4-3-5-8(14)9(6)12/h3-5,7H,2H2,1H3. The third-order valence-corrected chi connectivity index (χ3v) is 3.57. The van der Waals surface area contributed by atoms with Gasteiger partial charge in [-0.05, 0) is 34.5 Å². The minimum Gasteiger partial charge on any atom is -0.334 e. The molecule has 0 aliphatic rings. The van der Waals surface area contributed by atoms with Crippen LogP contribution in [0.5, 0.6) is 0 Å². The summed E-state index contributed by atoms with van der Waals surface area (Å²) in [6.45, 7) is 1.92. The van der Waals surface area contributed by atoms with Gasteiger partial charge in [0.15, 0.2) is 5.82 Å². The zero-order valence-electron chi connectivity index (χ0n) is 8.95. The molecule has 0 radical (unpaired) electrons. The first-order chi connectivity index (χ1) is 8.13. The lowest BCUT2D eigenvalue weighted by Gasteiger charge is -1.99. The average Bonchev–Trinajstić information content (AvgIpc) is 2.81. The molecule has 2 aromatic rings. The molecule has 0 aliphatic carbocycles. The SMILES string of the molecule is CCC(Cl)c1noc(-c2cccc(F)c2Br)n1. The molecular weight excluding hydrogens is 310 g/mol. The molecule has 1 atom stereocenters. The summed E-state index contributed by atoms with van der Waals surface area (Å²) in [6.07, 6.45) is 0.699. The van der Waals surface area contributed by atoms with Gasteiger partial charge in [-0.1, -0.05) is 18.1 Å². The van der Waals surface area contributed by atoms with E-state index in [-0.39, 0.29) is 17.1 Å². The van der Waals surface area contributed by atoms with Gasteiger partial charge in [-0.2, -0.15) is 4.98 Å². The van der Waals surface area contributed by atoms with E-state index in [1.54, 1.807) is 12.1 Å². The van der Waals surface area contributed by atoms with Gasteiger partial charge in [-0.15, -0.1) is 11.6 Å². The summed E-state index contributed by atoms with van der Waals surface area (Å²) in [5.74, 6) is 0.297. The van der Waals surface area contributed by atoms with Crippen molar-refractivity contribution in [3.05, 3.63) is 34.3 Å². The highest BCUT2D eigenvalue weighted by atomic mass is 79.9. The Morgan fingerprint density at radius 3 is 3.00 bits per heavy atom. The summed E-state index contributed by atoms with van der Waals surface area (Å²) in [7, 11) is 0. The second-order valence-corrected chi connectivity index (χ2v) is 4.75. The third-order valence-electron chi connectivity index (χ3n) is 2.26. The highest BCUT2D eigenvalue weighted by Gasteiger charge is 2.17. The molecule has 3 nitrogen and oxygen atoms in total. The number of hydrogen-bond donors (Lipinski definition) is 0. The summed E-state index contributed by atoms with van der Waals surface area (Å²) in [5.41, 5.74) is 0.517. The number of nitrogens with zero attached hydrogens (tertiary/aromatic N) is 2. The molecule has 0 aliphatic heterocycles. The molecule has 17 heavy (non-hydrogen) atoms. The Labute approximate surface area is 111 Å². The summed E-state index contributed by atoms with van der Waals surface area (Å²) in [4.78, 5) is 4.15. The zero-order valence-corrected chi connectivity index (χ0v) is 11.3. The van der Waals surface area contributed by atoms with Crippen LogP contribution in [0.4, 0.5) is 4.39 Å². The number of halogens is 3. The lowest BCUT2D eigenvalue weighted by molar-refractivity contribution is 0.420. The molecule has 2 rings (SSSR count). The Morgan fingerprint density at radius 1 is 1.53 bits per heavy atom. The van der Waals surface area contributed by atoms with Crippen LogP contribution in [0.2, 0.25) is 0 Å². The van der Waals surface area contributed by atoms with E-state index in [2.05, 4.69) is 26.1 Å². The Balaban J connectivity index is 2.40. The van der Waals surface area contributed by atoms with E-state index in [1.165, 1.54) is 6.07 Å². The van der Waals surface area contributed by atoms with Gasteiger partial charge in [-0.3, -0.25) is 0 Å². The van der Waals surface area contributed by atoms with E-state index in [4.69, 9.17) is 16.1 Å². The molecule has 1 aromatic carbocycles. The lowest BCUT2D eigenvalue weighted by Crippen LogP contribution is -1.91. The number of rotatable bonds is 3. The Morgan fingerprint density at radius 2 is 2.29 bits per heavy atom. The van der Waals surface area contributed by atoms with Crippen molar-refractivity contribution in [1.82, 2.24) is 10.1 Å². The zero-order chi connectivity index (χ0) is 12.4. The summed E-state index contributed by atoms with van der Waals surface area (Å²) in [6, 6.07) is 4.62. The number of aromatic nitrogens is 2. The molecule has 0 fully saturated rings. The summed E-state index contributed by atoms with van der Waals surface area (Å²) < 4.78 is 18.7. The molecule has 0 saturated carbocycles. The van der Waals surface area contributed by atoms with Crippen LogP contribution in [0.3, 0.4) is 0 Å². The van der Waals surface area contributed by atoms with Crippen LogP contribution in [0, 0.1) is 5.82 Å². The van der Waals surface area contributed by atoms with Gasteiger partial charge < -0.3 is 4.52 Å². The van der Waals surface area contributed by atoms with Crippen molar-refractivity contribution in [2.24, 2.45) is 0 Å². The van der Waals surface area contributed by atoms with Crippen LogP contribution in [-0.4, -0.2) is 10.1 Å². The van der Waals surface area contributed by atoms with E-state index in [0.717, 1.165) is 0 Å². The van der Waals surface area contributed by atoms with Gasteiger partial charge in [0.1, 0.15) is 5.82 Å². The second kappa shape index (κ2) is 5.14. The normalized spacial score (nSPS) is 12.7. The van der Waals surface area contributed by atoms with Gasteiger partial charge >= 0.3 is 0 Å². The largest absolute Gasteiger partial charge is 0.334 e. The molecule has 0 bridgehead atoms. The number of hydrogen-bond acceptors (Lipinski definition) is 3. The lowest BCUT2D eigenvalue weighted by atomic mass is 10.2. The van der Waals surface area contributed by atoms with Crippen LogP contribution < -0.4 is 0 Å². The van der Waals surface area contributed by atoms with Crippen molar-refractivity contribution in [1.29, 1.82) is 0 Å². The van der Waals surface area contributed by atoms with Crippen LogP contribution in [0.15, 0.2) is 27.2 Å². The molecule has 0 amide bonds. The Bertz CT molecular complexity index is 532. The van der Waals surface area contributed by atoms with E-state index in [1.807, 2.05) is 6.92 Å². The molecule has 0 N–H and O–H groups in total. The van der Waals surface area contributed by atoms with Crippen molar-refractivity contribution in [3.63, 3.8) is 0 Å². The topological polar surface area (TPSA) is 38.9 Å². The molecule has 0 spiro atoms. The van der Waals surface area contributed by atoms with Crippen molar-refractivity contribution in [2.45, 2.75) is 18.7 Å². The third kappa shape index (κ3) is 2.50. The predicted molar refractivity (Wildman–Crippen MR) is 66.3 cm³/mol. The summed E-state index contributed by atoms with van der Waals surface area (Å²) in [5, 5.41) is 3.48. The molecule has 90 valence electrons. The first-order valence-electron chi connectivity index (χ1n) is 5.05. The number of alkyl halides is 1. The maximum atomic E-state index is 13.3. The predicted octanol–water partition coefficient (Wildman–Crippen LogP) is 4.33. The van der Waals surface area contributed by atoms with E-state index in [9.17, 15) is 4.39 Å². The van der Waals surface area contributed by atoms with Crippen molar-refractivity contribution < 1.29 is 8.91 Å². The number of benzene rings is 1. The van der Waals surface area contributed by atoms with E-state index in [0.29, 0.717) is 22.3 Å². The fourth-order valence-corrected chi connectivity index (χ4v) is 1.85. The monoisotopic (exact) mass is 318 g/mol. The molecule has 6 heteroatoms. The van der Waals surface area contributed by atoms with Crippen molar-refractivity contribution in [2.75, 3.05) is 0 Å². The first kappa shape index (κ1) is 12.5. The van der Waals surface area contributed by atoms with Gasteiger partial charge in [0.25, 0.3) is 5.89 Å². The summed E-state index contributed by atoms with van der Waals surface area (Å²) >= 11 is 9.14. The van der Waals surface area contributed by atoms with Crippen LogP contribution in [-0.2, 0) is 0 Å². The van der Waals surface area contributed by atoms with Gasteiger partial charge in [0, 0.05) is 0 Å². The van der Waals surface area contributed by atoms with Gasteiger partial charge in [0.2, 0.25) is 0 Å². The molecule has 1 heterocycles. The minimum atomic E-state index is -0.375. The highest BCUT2D eigenvalue weighted by Crippen LogP contribution is 2.30. The van der Waals surface area contributed by atoms with Crippen molar-refractivity contribution >= 4 is 27.5 Å². The molecule has 0 saturated heterocycles. The highest BCUT2D eigenvalue weighted by molar-refractivity contribution is 9.10. The van der Waals surface area contributed by atoms with Crippen LogP contribution >= 0.6 is 27.5 Å². The smallest absolute Gasteiger partial charge is 0.259 e. The average molecular weight is 320 g/mol. The maximum absolute atomic E-state index is 13.3. The molecular formula is C11H9BrClFN2O. The Hall–Kier alpha value is -0.940. The first-order valence-corrected chi connectivity index (χ1v) is 6.28. The quantitative estimate of drug-likeness (QED) is 0.791. The van der Waals surface area contributed by atoms with E-state index >= 15 is 0 Å². The maximum Gasteiger partial charge on any atom is 0.259 e. The van der Waals surface area contributed by atoms with Crippen LogP contribution in [0.1, 0.15) is 24.5 Å². The molecule has 1 aromatic heterocycles. The second-order valence-electron chi connectivity index (χ2n) is 3.43. The Kier molecular flexibility index (Phi) is 3.79. The van der Waals surface area contributed by atoms with E-state index < -0.39 is 0 Å². The van der Waals surface area contributed by atoms with Crippen LogP contribution in [0.25, 0.3) is 11.5 Å². The minimum absolute atomic E-state index is 0.255. The fourth-order valence-electron chi connectivity index (χ4n) is 1.32. The van der Waals surface area contributed by atoms with Gasteiger partial charge in [-0.25, -0.2) is 4.39 Å².